The van der Waals surface area contributed by atoms with E-state index in [-0.39, 0.29) is 0 Å². The predicted octanol–water partition coefficient (Wildman–Crippen LogP) is 3.66. The number of nitrogens with one attached hydrogen (secondary N) is 1. The zero-order valence-corrected chi connectivity index (χ0v) is 13.6. The lowest BCUT2D eigenvalue weighted by Gasteiger charge is -2.29. The maximum atomic E-state index is 4.87. The Hall–Kier alpha value is -1.09. The van der Waals surface area contributed by atoms with Gasteiger partial charge in [0.15, 0.2) is 0 Å². The van der Waals surface area contributed by atoms with Gasteiger partial charge in [-0.3, -0.25) is 0 Å². The van der Waals surface area contributed by atoms with Gasteiger partial charge < -0.3 is 10.2 Å². The van der Waals surface area contributed by atoms with Crippen LogP contribution in [-0.4, -0.2) is 23.1 Å². The molecule has 0 spiro atoms. The van der Waals surface area contributed by atoms with Crippen LogP contribution < -0.4 is 10.2 Å². The van der Waals surface area contributed by atoms with Gasteiger partial charge in [0, 0.05) is 30.4 Å². The van der Waals surface area contributed by atoms with E-state index in [0.717, 1.165) is 18.1 Å². The summed E-state index contributed by atoms with van der Waals surface area (Å²) < 4.78 is 0. The van der Waals surface area contributed by atoms with Crippen LogP contribution in [0.1, 0.15) is 58.2 Å². The number of nitrogens with zero attached hydrogens (tertiary/aromatic N) is 2. The molecule has 3 heteroatoms. The molecular weight excluding hydrogens is 246 g/mol. The predicted molar refractivity (Wildman–Crippen MR) is 86.2 cm³/mol. The molecule has 2 heterocycles. The monoisotopic (exact) mass is 275 g/mol. The molecule has 0 saturated carbocycles. The van der Waals surface area contributed by atoms with Crippen molar-refractivity contribution in [2.24, 2.45) is 0 Å². The average molecular weight is 275 g/mol. The lowest BCUT2D eigenvalue weighted by Crippen LogP contribution is -2.35. The van der Waals surface area contributed by atoms with Gasteiger partial charge in [0.2, 0.25) is 0 Å². The minimum absolute atomic E-state index is 0.511. The Morgan fingerprint density at radius 2 is 2.10 bits per heavy atom. The topological polar surface area (TPSA) is 28.2 Å². The van der Waals surface area contributed by atoms with Crippen LogP contribution in [0.15, 0.2) is 12.1 Å². The molecular formula is C17H29N3. The molecule has 2 unspecified atom stereocenters. The first-order valence-corrected chi connectivity index (χ1v) is 8.01. The Bertz CT molecular complexity index is 442. The summed E-state index contributed by atoms with van der Waals surface area (Å²) >= 11 is 0. The second kappa shape index (κ2) is 6.57. The average Bonchev–Trinajstić information content (AvgIpc) is 2.78. The van der Waals surface area contributed by atoms with E-state index in [0.29, 0.717) is 18.1 Å². The number of aromatic nitrogens is 1. The van der Waals surface area contributed by atoms with Gasteiger partial charge in [0.05, 0.1) is 0 Å². The summed E-state index contributed by atoms with van der Waals surface area (Å²) in [7, 11) is 0. The van der Waals surface area contributed by atoms with Crippen molar-refractivity contribution in [3.05, 3.63) is 23.4 Å². The quantitative estimate of drug-likeness (QED) is 0.889. The number of rotatable bonds is 5. The van der Waals surface area contributed by atoms with Crippen LogP contribution in [0.25, 0.3) is 0 Å². The van der Waals surface area contributed by atoms with Crippen molar-refractivity contribution in [2.75, 3.05) is 4.90 Å². The van der Waals surface area contributed by atoms with Crippen molar-refractivity contribution in [1.29, 1.82) is 0 Å². The van der Waals surface area contributed by atoms with Gasteiger partial charge in [-0.2, -0.15) is 0 Å². The third-order valence-corrected chi connectivity index (χ3v) is 4.40. The normalized spacial score (nSPS) is 22.8. The van der Waals surface area contributed by atoms with E-state index in [1.807, 2.05) is 0 Å². The first-order chi connectivity index (χ1) is 9.52. The zero-order valence-electron chi connectivity index (χ0n) is 13.6. The zero-order chi connectivity index (χ0) is 14.7. The maximum absolute atomic E-state index is 4.87. The molecule has 0 aliphatic carbocycles. The minimum atomic E-state index is 0.511. The fourth-order valence-corrected chi connectivity index (χ4v) is 3.11. The highest BCUT2D eigenvalue weighted by Gasteiger charge is 2.30. The van der Waals surface area contributed by atoms with Crippen LogP contribution in [0.5, 0.6) is 0 Å². The van der Waals surface area contributed by atoms with E-state index in [2.05, 4.69) is 57.0 Å². The fourth-order valence-electron chi connectivity index (χ4n) is 3.11. The molecule has 1 N–H and O–H groups in total. The number of pyridine rings is 1. The van der Waals surface area contributed by atoms with E-state index < -0.39 is 0 Å². The highest BCUT2D eigenvalue weighted by molar-refractivity contribution is 5.45. The molecule has 0 aromatic carbocycles. The second-order valence-electron chi connectivity index (χ2n) is 6.35. The van der Waals surface area contributed by atoms with E-state index in [4.69, 9.17) is 4.98 Å². The van der Waals surface area contributed by atoms with Crippen LogP contribution in [0.2, 0.25) is 0 Å². The molecule has 20 heavy (non-hydrogen) atoms. The smallest absolute Gasteiger partial charge is 0.129 e. The van der Waals surface area contributed by atoms with E-state index in [9.17, 15) is 0 Å². The van der Waals surface area contributed by atoms with E-state index in [1.54, 1.807) is 0 Å². The van der Waals surface area contributed by atoms with Crippen LogP contribution in [0.3, 0.4) is 0 Å². The third-order valence-electron chi connectivity index (χ3n) is 4.40. The van der Waals surface area contributed by atoms with Gasteiger partial charge in [0.1, 0.15) is 5.82 Å². The molecule has 3 nitrogen and oxygen atoms in total. The molecule has 1 saturated heterocycles. The lowest BCUT2D eigenvalue weighted by molar-refractivity contribution is 0.585. The Morgan fingerprint density at radius 3 is 2.70 bits per heavy atom. The molecule has 0 bridgehead atoms. The summed E-state index contributed by atoms with van der Waals surface area (Å²) in [4.78, 5) is 7.39. The van der Waals surface area contributed by atoms with Crippen molar-refractivity contribution in [3.8, 4) is 0 Å². The van der Waals surface area contributed by atoms with Crippen LogP contribution in [0.4, 0.5) is 5.82 Å². The van der Waals surface area contributed by atoms with Crippen LogP contribution in [-0.2, 0) is 6.54 Å². The summed E-state index contributed by atoms with van der Waals surface area (Å²) in [6.45, 7) is 12.0. The summed E-state index contributed by atoms with van der Waals surface area (Å²) in [6.07, 6.45) is 3.80. The standard InChI is InChI=1S/C17H29N3/c1-6-16-9-7-13(4)20(16)17-10-8-15(14(5)19-17)11-18-12(2)3/h8,10,12-13,16,18H,6-7,9,11H2,1-5H3. The number of hydrogen-bond donors (Lipinski definition) is 1. The third kappa shape index (κ3) is 3.32. The molecule has 0 amide bonds. The van der Waals surface area contributed by atoms with Crippen LogP contribution >= 0.6 is 0 Å². The van der Waals surface area contributed by atoms with Crippen LogP contribution in [0, 0.1) is 6.92 Å². The van der Waals surface area contributed by atoms with Gasteiger partial charge in [-0.25, -0.2) is 4.98 Å². The summed E-state index contributed by atoms with van der Waals surface area (Å²) in [5.74, 6) is 1.16. The summed E-state index contributed by atoms with van der Waals surface area (Å²) in [6, 6.07) is 6.24. The van der Waals surface area contributed by atoms with Gasteiger partial charge in [-0.1, -0.05) is 26.8 Å². The Labute approximate surface area is 123 Å². The molecule has 2 atom stereocenters. The largest absolute Gasteiger partial charge is 0.351 e. The Balaban J connectivity index is 2.15. The molecule has 112 valence electrons. The van der Waals surface area contributed by atoms with Gasteiger partial charge in [-0.15, -0.1) is 0 Å². The number of hydrogen-bond acceptors (Lipinski definition) is 3. The first-order valence-electron chi connectivity index (χ1n) is 8.01. The lowest BCUT2D eigenvalue weighted by atomic mass is 10.1. The Morgan fingerprint density at radius 1 is 1.35 bits per heavy atom. The van der Waals surface area contributed by atoms with Gasteiger partial charge in [-0.05, 0) is 44.7 Å². The molecule has 0 radical (unpaired) electrons. The van der Waals surface area contributed by atoms with E-state index >= 15 is 0 Å². The van der Waals surface area contributed by atoms with Crippen molar-refractivity contribution in [1.82, 2.24) is 10.3 Å². The van der Waals surface area contributed by atoms with Crippen molar-refractivity contribution >= 4 is 5.82 Å². The number of aryl methyl sites for hydroxylation is 1. The molecule has 2 rings (SSSR count). The summed E-state index contributed by atoms with van der Waals surface area (Å²) in [5, 5.41) is 3.47. The highest BCUT2D eigenvalue weighted by Crippen LogP contribution is 2.31. The highest BCUT2D eigenvalue weighted by atomic mass is 15.3. The minimum Gasteiger partial charge on any atom is -0.351 e. The summed E-state index contributed by atoms with van der Waals surface area (Å²) in [5.41, 5.74) is 2.46. The maximum Gasteiger partial charge on any atom is 0.129 e. The second-order valence-corrected chi connectivity index (χ2v) is 6.35. The molecule has 1 aliphatic heterocycles. The molecule has 1 aromatic rings. The van der Waals surface area contributed by atoms with Crippen molar-refractivity contribution < 1.29 is 0 Å². The number of anilines is 1. The SMILES string of the molecule is CCC1CCC(C)N1c1ccc(CNC(C)C)c(C)n1. The first kappa shape index (κ1) is 15.3. The van der Waals surface area contributed by atoms with Crippen molar-refractivity contribution in [3.63, 3.8) is 0 Å². The van der Waals surface area contributed by atoms with Crippen molar-refractivity contribution in [2.45, 2.75) is 78.6 Å². The van der Waals surface area contributed by atoms with Gasteiger partial charge >= 0.3 is 0 Å². The van der Waals surface area contributed by atoms with Gasteiger partial charge in [0.25, 0.3) is 0 Å². The fraction of sp³-hybridized carbons (Fsp3) is 0.706. The van der Waals surface area contributed by atoms with E-state index in [1.165, 1.54) is 24.8 Å². The molecule has 1 fully saturated rings. The Kier molecular flexibility index (Phi) is 5.03. The molecule has 1 aliphatic rings. The molecule has 1 aromatic heterocycles.